The number of halogens is 1. The first-order valence-electron chi connectivity index (χ1n) is 13.1. The summed E-state index contributed by atoms with van der Waals surface area (Å²) < 4.78 is 14.5. The predicted octanol–water partition coefficient (Wildman–Crippen LogP) is 5.88. The second kappa shape index (κ2) is 11.3. The summed E-state index contributed by atoms with van der Waals surface area (Å²) in [5.74, 6) is 0.388. The number of hydrogen-bond donors (Lipinski definition) is 1. The van der Waals surface area contributed by atoms with Gasteiger partial charge < -0.3 is 5.11 Å². The van der Waals surface area contributed by atoms with Gasteiger partial charge in [-0.05, 0) is 78.4 Å². The fraction of sp³-hybridized carbons (Fsp3) is 0.250. The molecule has 0 bridgehead atoms. The molecule has 1 N–H and O–H groups in total. The molecule has 1 aliphatic rings. The van der Waals surface area contributed by atoms with Gasteiger partial charge in [-0.3, -0.25) is 9.80 Å². The topological polar surface area (TPSA) is 78.7 Å². The Bertz CT molecular complexity index is 1520. The van der Waals surface area contributed by atoms with Gasteiger partial charge in [-0.1, -0.05) is 43.3 Å². The van der Waals surface area contributed by atoms with Crippen molar-refractivity contribution in [3.05, 3.63) is 113 Å². The normalized spacial score (nSPS) is 16.8. The average molecular weight is 523 g/mol. The zero-order chi connectivity index (χ0) is 27.5. The molecule has 1 aromatic heterocycles. The van der Waals surface area contributed by atoms with Crippen LogP contribution in [0.25, 0.3) is 11.1 Å². The molecular formula is C32H31FN4O2. The lowest BCUT2D eigenvalue weighted by molar-refractivity contribution is -0.117. The number of hydrazone groups is 1. The first-order valence-corrected chi connectivity index (χ1v) is 13.1. The lowest BCUT2D eigenvalue weighted by Gasteiger charge is -2.25. The molecule has 0 aliphatic carbocycles. The minimum Gasteiger partial charge on any atom is -0.392 e. The summed E-state index contributed by atoms with van der Waals surface area (Å²) in [6.45, 7) is 5.57. The Morgan fingerprint density at radius 2 is 1.72 bits per heavy atom. The van der Waals surface area contributed by atoms with Crippen molar-refractivity contribution in [2.24, 2.45) is 11.0 Å². The van der Waals surface area contributed by atoms with Gasteiger partial charge in [-0.25, -0.2) is 14.4 Å². The van der Waals surface area contributed by atoms with Crippen molar-refractivity contribution in [1.82, 2.24) is 9.97 Å². The van der Waals surface area contributed by atoms with Gasteiger partial charge in [0.2, 0.25) is 0 Å². The summed E-state index contributed by atoms with van der Waals surface area (Å²) in [7, 11) is 0. The maximum Gasteiger partial charge on any atom is 0.175 e. The molecule has 2 heterocycles. The van der Waals surface area contributed by atoms with Crippen LogP contribution in [0.1, 0.15) is 48.3 Å². The second-order valence-corrected chi connectivity index (χ2v) is 10.1. The first-order chi connectivity index (χ1) is 18.8. The van der Waals surface area contributed by atoms with Gasteiger partial charge in [0.05, 0.1) is 18.3 Å². The minimum atomic E-state index is -0.307. The van der Waals surface area contributed by atoms with Crippen LogP contribution in [0.2, 0.25) is 0 Å². The monoisotopic (exact) mass is 522 g/mol. The lowest BCUT2D eigenvalue weighted by atomic mass is 9.93. The van der Waals surface area contributed by atoms with Crippen molar-refractivity contribution in [3.8, 4) is 11.1 Å². The molecule has 0 amide bonds. The van der Waals surface area contributed by atoms with E-state index >= 15 is 0 Å². The van der Waals surface area contributed by atoms with Crippen LogP contribution < -0.4 is 5.01 Å². The van der Waals surface area contributed by atoms with Crippen molar-refractivity contribution in [2.75, 3.05) is 5.01 Å². The highest BCUT2D eigenvalue weighted by Crippen LogP contribution is 2.33. The molecule has 4 aromatic rings. The number of aryl methyl sites for hydroxylation is 1. The summed E-state index contributed by atoms with van der Waals surface area (Å²) in [6.07, 6.45) is 4.51. The molecule has 0 fully saturated rings. The van der Waals surface area contributed by atoms with Gasteiger partial charge in [0.15, 0.2) is 5.82 Å². The zero-order valence-corrected chi connectivity index (χ0v) is 22.3. The van der Waals surface area contributed by atoms with Crippen molar-refractivity contribution in [2.45, 2.75) is 46.3 Å². The van der Waals surface area contributed by atoms with Crippen molar-refractivity contribution >= 4 is 17.2 Å². The van der Waals surface area contributed by atoms with Gasteiger partial charge in [0.25, 0.3) is 0 Å². The number of nitrogens with zero attached hydrogens (tertiary/aromatic N) is 4. The Labute approximate surface area is 227 Å². The number of benzene rings is 3. The third kappa shape index (κ3) is 5.64. The van der Waals surface area contributed by atoms with Gasteiger partial charge in [0.1, 0.15) is 17.3 Å². The fourth-order valence-electron chi connectivity index (χ4n) is 5.10. The minimum absolute atomic E-state index is 0.0000458. The highest BCUT2D eigenvalue weighted by atomic mass is 19.1. The number of carbonyl (C=O) groups excluding carboxylic acids is 1. The zero-order valence-electron chi connectivity index (χ0n) is 22.3. The van der Waals surface area contributed by atoms with Crippen LogP contribution in [-0.4, -0.2) is 32.6 Å². The summed E-state index contributed by atoms with van der Waals surface area (Å²) in [5, 5.41) is 16.2. The smallest absolute Gasteiger partial charge is 0.175 e. The van der Waals surface area contributed by atoms with Crippen LogP contribution in [-0.2, 0) is 17.8 Å². The number of carbonyl (C=O) groups is 1. The van der Waals surface area contributed by atoms with E-state index in [4.69, 9.17) is 5.10 Å². The maximum absolute atomic E-state index is 14.5. The molecular weight excluding hydrogens is 491 g/mol. The predicted molar refractivity (Wildman–Crippen MR) is 151 cm³/mol. The SMILES string of the molecule is CC(=O)CC1C(C)C(c2ncccn2)=NN1c1ccc(Cc2ccc(-c3cc(CO)ccc3F)cc2C)cc1. The number of anilines is 1. The van der Waals surface area contributed by atoms with Crippen LogP contribution in [0.4, 0.5) is 10.1 Å². The standard InChI is InChI=1S/C32H31FN4O2/c1-20-15-26(28-18-24(19-38)7-12-29(28)33)9-8-25(20)17-23-5-10-27(11-6-23)37-30(16-21(2)39)22(3)31(36-37)32-34-13-4-14-35-32/h4-15,18,22,30,38H,16-17,19H2,1-3H3. The molecule has 0 saturated carbocycles. The van der Waals surface area contributed by atoms with E-state index in [-0.39, 0.29) is 30.2 Å². The number of aliphatic hydroxyl groups is 1. The fourth-order valence-corrected chi connectivity index (χ4v) is 5.10. The second-order valence-electron chi connectivity index (χ2n) is 10.1. The maximum atomic E-state index is 14.5. The molecule has 7 heteroatoms. The van der Waals surface area contributed by atoms with E-state index in [2.05, 4.69) is 29.0 Å². The molecule has 5 rings (SSSR count). The molecule has 3 aromatic carbocycles. The van der Waals surface area contributed by atoms with Gasteiger partial charge >= 0.3 is 0 Å². The van der Waals surface area contributed by atoms with Crippen LogP contribution in [0.5, 0.6) is 0 Å². The Morgan fingerprint density at radius 3 is 2.38 bits per heavy atom. The lowest BCUT2D eigenvalue weighted by Crippen LogP contribution is -2.34. The number of hydrogen-bond acceptors (Lipinski definition) is 6. The third-order valence-electron chi connectivity index (χ3n) is 7.29. The highest BCUT2D eigenvalue weighted by molar-refractivity contribution is 6.02. The number of rotatable bonds is 8. The summed E-state index contributed by atoms with van der Waals surface area (Å²) >= 11 is 0. The van der Waals surface area contributed by atoms with Crippen molar-refractivity contribution in [1.29, 1.82) is 0 Å². The molecule has 2 unspecified atom stereocenters. The molecule has 2 atom stereocenters. The molecule has 39 heavy (non-hydrogen) atoms. The molecule has 0 radical (unpaired) electrons. The Balaban J connectivity index is 1.37. The number of aromatic nitrogens is 2. The van der Waals surface area contributed by atoms with Crippen LogP contribution >= 0.6 is 0 Å². The highest BCUT2D eigenvalue weighted by Gasteiger charge is 2.37. The van der Waals surface area contributed by atoms with Crippen LogP contribution in [0, 0.1) is 18.7 Å². The van der Waals surface area contributed by atoms with E-state index in [9.17, 15) is 14.3 Å². The first kappa shape index (κ1) is 26.4. The van der Waals surface area contributed by atoms with Crippen molar-refractivity contribution < 1.29 is 14.3 Å². The quantitative estimate of drug-likeness (QED) is 0.313. The van der Waals surface area contributed by atoms with Crippen LogP contribution in [0.3, 0.4) is 0 Å². The Kier molecular flexibility index (Phi) is 7.61. The van der Waals surface area contributed by atoms with Gasteiger partial charge in [-0.2, -0.15) is 5.10 Å². The van der Waals surface area contributed by atoms with E-state index in [0.29, 0.717) is 23.4 Å². The Hall–Kier alpha value is -4.23. The largest absolute Gasteiger partial charge is 0.392 e. The van der Waals surface area contributed by atoms with E-state index in [1.54, 1.807) is 37.5 Å². The summed E-state index contributed by atoms with van der Waals surface area (Å²) in [5.41, 5.74) is 6.99. The Morgan fingerprint density at radius 1 is 1.00 bits per heavy atom. The van der Waals surface area contributed by atoms with E-state index in [1.807, 2.05) is 42.3 Å². The average Bonchev–Trinajstić information content (AvgIpc) is 3.26. The number of ketones is 1. The number of aliphatic hydroxyl groups excluding tert-OH is 1. The van der Waals surface area contributed by atoms with E-state index < -0.39 is 0 Å². The summed E-state index contributed by atoms with van der Waals surface area (Å²) in [6, 6.07) is 20.5. The van der Waals surface area contributed by atoms with Crippen molar-refractivity contribution in [3.63, 3.8) is 0 Å². The van der Waals surface area contributed by atoms with E-state index in [1.165, 1.54) is 6.07 Å². The molecule has 6 nitrogen and oxygen atoms in total. The number of Topliss-reactive ketones (excluding diaryl/α,β-unsaturated/α-hetero) is 1. The third-order valence-corrected chi connectivity index (χ3v) is 7.29. The van der Waals surface area contributed by atoms with E-state index in [0.717, 1.165) is 40.1 Å². The molecule has 0 saturated heterocycles. The summed E-state index contributed by atoms with van der Waals surface area (Å²) in [4.78, 5) is 20.8. The molecule has 198 valence electrons. The van der Waals surface area contributed by atoms with Gasteiger partial charge in [0, 0.05) is 30.3 Å². The molecule has 0 spiro atoms. The molecule has 1 aliphatic heterocycles. The van der Waals surface area contributed by atoms with Gasteiger partial charge in [-0.15, -0.1) is 0 Å². The van der Waals surface area contributed by atoms with Crippen LogP contribution in [0.15, 0.2) is 84.2 Å².